The van der Waals surface area contributed by atoms with E-state index in [-0.39, 0.29) is 17.9 Å². The number of rotatable bonds is 3. The minimum atomic E-state index is -0.118. The molecule has 0 spiro atoms. The van der Waals surface area contributed by atoms with Gasteiger partial charge in [0.2, 0.25) is 0 Å². The van der Waals surface area contributed by atoms with E-state index in [1.54, 1.807) is 18.5 Å². The van der Waals surface area contributed by atoms with Gasteiger partial charge in [-0.05, 0) is 26.0 Å². The normalized spacial score (nSPS) is 20.1. The van der Waals surface area contributed by atoms with Gasteiger partial charge in [-0.1, -0.05) is 25.7 Å². The maximum atomic E-state index is 12.7. The van der Waals surface area contributed by atoms with Crippen molar-refractivity contribution in [2.24, 2.45) is 0 Å². The summed E-state index contributed by atoms with van der Waals surface area (Å²) in [5, 5.41) is 3.12. The van der Waals surface area contributed by atoms with E-state index in [9.17, 15) is 9.59 Å². The molecule has 1 aliphatic heterocycles. The average molecular weight is 344 g/mol. The lowest BCUT2D eigenvalue weighted by Crippen LogP contribution is -2.47. The highest BCUT2D eigenvalue weighted by Crippen LogP contribution is 2.18. The van der Waals surface area contributed by atoms with Gasteiger partial charge in [0, 0.05) is 44.6 Å². The Balaban J connectivity index is 1.64. The van der Waals surface area contributed by atoms with Gasteiger partial charge in [-0.25, -0.2) is 0 Å². The maximum Gasteiger partial charge on any atom is 0.255 e. The molecule has 1 aromatic heterocycles. The van der Waals surface area contributed by atoms with Gasteiger partial charge < -0.3 is 15.1 Å². The second kappa shape index (κ2) is 8.43. The Morgan fingerprint density at radius 2 is 1.64 bits per heavy atom. The van der Waals surface area contributed by atoms with Gasteiger partial charge in [0.1, 0.15) is 0 Å². The smallest absolute Gasteiger partial charge is 0.255 e. The van der Waals surface area contributed by atoms with E-state index in [2.05, 4.69) is 22.2 Å². The van der Waals surface area contributed by atoms with Crippen LogP contribution in [-0.4, -0.2) is 65.9 Å². The molecular formula is C19H28N4O2. The van der Waals surface area contributed by atoms with Crippen molar-refractivity contribution in [2.45, 2.75) is 44.6 Å². The summed E-state index contributed by atoms with van der Waals surface area (Å²) < 4.78 is 0. The molecular weight excluding hydrogens is 316 g/mol. The lowest BCUT2D eigenvalue weighted by Gasteiger charge is -2.32. The summed E-state index contributed by atoms with van der Waals surface area (Å²) in [4.78, 5) is 33.4. The third-order valence-corrected chi connectivity index (χ3v) is 5.23. The van der Waals surface area contributed by atoms with E-state index >= 15 is 0 Å². The molecule has 1 saturated heterocycles. The molecule has 1 saturated carbocycles. The first-order valence-electron chi connectivity index (χ1n) is 9.37. The molecule has 0 radical (unpaired) electrons. The minimum absolute atomic E-state index is 0.0373. The number of nitrogens with zero attached hydrogens (tertiary/aromatic N) is 3. The number of pyridine rings is 1. The molecule has 0 aromatic carbocycles. The van der Waals surface area contributed by atoms with Crippen molar-refractivity contribution in [3.63, 3.8) is 0 Å². The van der Waals surface area contributed by atoms with Gasteiger partial charge >= 0.3 is 0 Å². The van der Waals surface area contributed by atoms with Crippen molar-refractivity contribution in [2.75, 3.05) is 33.2 Å². The molecule has 3 rings (SSSR count). The molecule has 0 atom stereocenters. The third-order valence-electron chi connectivity index (χ3n) is 5.23. The van der Waals surface area contributed by atoms with E-state index in [1.807, 2.05) is 4.90 Å². The minimum Gasteiger partial charge on any atom is -0.349 e. The fraction of sp³-hybridized carbons (Fsp3) is 0.632. The number of hydrogen-bond donors (Lipinski definition) is 1. The molecule has 2 aliphatic rings. The zero-order chi connectivity index (χ0) is 17.6. The van der Waals surface area contributed by atoms with E-state index in [1.165, 1.54) is 25.7 Å². The highest BCUT2D eigenvalue weighted by molar-refractivity contribution is 5.99. The van der Waals surface area contributed by atoms with Gasteiger partial charge in [-0.3, -0.25) is 14.6 Å². The van der Waals surface area contributed by atoms with Gasteiger partial charge in [-0.2, -0.15) is 0 Å². The first kappa shape index (κ1) is 17.9. The van der Waals surface area contributed by atoms with E-state index in [4.69, 9.17) is 0 Å². The number of likely N-dealkylation sites (N-methyl/N-ethyl adjacent to an activating group) is 1. The Labute approximate surface area is 149 Å². The fourth-order valence-corrected chi connectivity index (χ4v) is 3.57. The van der Waals surface area contributed by atoms with Crippen molar-refractivity contribution in [1.29, 1.82) is 0 Å². The maximum absolute atomic E-state index is 12.7. The van der Waals surface area contributed by atoms with Crippen LogP contribution in [0.2, 0.25) is 0 Å². The molecule has 0 unspecified atom stereocenters. The molecule has 1 N–H and O–H groups in total. The van der Waals surface area contributed by atoms with Gasteiger partial charge in [-0.15, -0.1) is 0 Å². The molecule has 2 fully saturated rings. The molecule has 2 heterocycles. The topological polar surface area (TPSA) is 65.5 Å². The number of piperazine rings is 1. The molecule has 25 heavy (non-hydrogen) atoms. The zero-order valence-corrected chi connectivity index (χ0v) is 15.0. The van der Waals surface area contributed by atoms with Crippen LogP contribution in [0.5, 0.6) is 0 Å². The van der Waals surface area contributed by atoms with Gasteiger partial charge in [0.25, 0.3) is 11.8 Å². The summed E-state index contributed by atoms with van der Waals surface area (Å²) in [7, 11) is 2.06. The number of carbonyl (C=O) groups is 2. The van der Waals surface area contributed by atoms with Crippen molar-refractivity contribution in [1.82, 2.24) is 20.1 Å². The summed E-state index contributed by atoms with van der Waals surface area (Å²) >= 11 is 0. The summed E-state index contributed by atoms with van der Waals surface area (Å²) in [5.74, 6) is -0.155. The Kier molecular flexibility index (Phi) is 6.02. The predicted octanol–water partition coefficient (Wildman–Crippen LogP) is 1.92. The zero-order valence-electron chi connectivity index (χ0n) is 15.0. The molecule has 6 nitrogen and oxygen atoms in total. The summed E-state index contributed by atoms with van der Waals surface area (Å²) in [6, 6.07) is 1.92. The van der Waals surface area contributed by atoms with Gasteiger partial charge in [0.05, 0.1) is 11.1 Å². The molecule has 1 aliphatic carbocycles. The second-order valence-electron chi connectivity index (χ2n) is 7.22. The van der Waals surface area contributed by atoms with Crippen LogP contribution < -0.4 is 5.32 Å². The van der Waals surface area contributed by atoms with Crippen molar-refractivity contribution >= 4 is 11.8 Å². The van der Waals surface area contributed by atoms with Crippen LogP contribution in [0.4, 0.5) is 0 Å². The molecule has 6 heteroatoms. The lowest BCUT2D eigenvalue weighted by molar-refractivity contribution is 0.0663. The molecule has 136 valence electrons. The standard InChI is InChI=1S/C19H28N4O2/c1-22-8-10-23(11-9-22)19(25)16-12-15(13-20-14-16)18(24)21-17-6-4-2-3-5-7-17/h12-14,17H,2-11H2,1H3,(H,21,24). The Morgan fingerprint density at radius 1 is 1.00 bits per heavy atom. The Hall–Kier alpha value is -1.95. The lowest BCUT2D eigenvalue weighted by atomic mass is 10.1. The van der Waals surface area contributed by atoms with E-state index in [0.717, 1.165) is 25.9 Å². The largest absolute Gasteiger partial charge is 0.349 e. The first-order chi connectivity index (χ1) is 12.1. The summed E-state index contributed by atoms with van der Waals surface area (Å²) in [6.45, 7) is 3.18. The quantitative estimate of drug-likeness (QED) is 0.851. The van der Waals surface area contributed by atoms with Crippen LogP contribution in [-0.2, 0) is 0 Å². The molecule has 1 aromatic rings. The number of carbonyl (C=O) groups excluding carboxylic acids is 2. The monoisotopic (exact) mass is 344 g/mol. The van der Waals surface area contributed by atoms with Crippen LogP contribution >= 0.6 is 0 Å². The van der Waals surface area contributed by atoms with Crippen molar-refractivity contribution in [3.8, 4) is 0 Å². The van der Waals surface area contributed by atoms with Gasteiger partial charge in [0.15, 0.2) is 0 Å². The summed E-state index contributed by atoms with van der Waals surface area (Å²) in [6.07, 6.45) is 10.0. The highest BCUT2D eigenvalue weighted by Gasteiger charge is 2.22. The molecule has 2 amide bonds. The number of amides is 2. The first-order valence-corrected chi connectivity index (χ1v) is 9.37. The van der Waals surface area contributed by atoms with E-state index in [0.29, 0.717) is 24.2 Å². The van der Waals surface area contributed by atoms with Crippen LogP contribution in [0, 0.1) is 0 Å². The van der Waals surface area contributed by atoms with Crippen LogP contribution in [0.1, 0.15) is 59.2 Å². The Morgan fingerprint density at radius 3 is 2.32 bits per heavy atom. The molecule has 0 bridgehead atoms. The number of aromatic nitrogens is 1. The SMILES string of the molecule is CN1CCN(C(=O)c2cncc(C(=O)NC3CCCCCC3)c2)CC1. The average Bonchev–Trinajstić information content (AvgIpc) is 2.90. The van der Waals surface area contributed by atoms with E-state index < -0.39 is 0 Å². The summed E-state index contributed by atoms with van der Waals surface area (Å²) in [5.41, 5.74) is 0.974. The predicted molar refractivity (Wildman–Crippen MR) is 96.6 cm³/mol. The number of hydrogen-bond acceptors (Lipinski definition) is 4. The van der Waals surface area contributed by atoms with Crippen molar-refractivity contribution < 1.29 is 9.59 Å². The van der Waals surface area contributed by atoms with Crippen LogP contribution in [0.15, 0.2) is 18.5 Å². The van der Waals surface area contributed by atoms with Crippen molar-refractivity contribution in [3.05, 3.63) is 29.6 Å². The van der Waals surface area contributed by atoms with Crippen LogP contribution in [0.3, 0.4) is 0 Å². The van der Waals surface area contributed by atoms with Crippen LogP contribution in [0.25, 0.3) is 0 Å². The highest BCUT2D eigenvalue weighted by atomic mass is 16.2. The fourth-order valence-electron chi connectivity index (χ4n) is 3.57. The Bertz CT molecular complexity index is 603. The number of nitrogens with one attached hydrogen (secondary N) is 1. The second-order valence-corrected chi connectivity index (χ2v) is 7.22. The third kappa shape index (κ3) is 4.78.